The van der Waals surface area contributed by atoms with E-state index in [4.69, 9.17) is 17.4 Å². The number of aromatic nitrogens is 2. The molecule has 0 bridgehead atoms. The summed E-state index contributed by atoms with van der Waals surface area (Å²) < 4.78 is 0. The monoisotopic (exact) mass is 263 g/mol. The van der Waals surface area contributed by atoms with Crippen LogP contribution in [0.1, 0.15) is 11.1 Å². The average Bonchev–Trinajstić information content (AvgIpc) is 2.36. The van der Waals surface area contributed by atoms with E-state index in [2.05, 4.69) is 20.7 Å². The molecule has 1 heterocycles. The Morgan fingerprint density at radius 1 is 1.22 bits per heavy atom. The van der Waals surface area contributed by atoms with Crippen molar-refractivity contribution in [3.8, 4) is 0 Å². The molecule has 0 saturated heterocycles. The van der Waals surface area contributed by atoms with Gasteiger partial charge in [0.2, 0.25) is 5.95 Å². The molecule has 0 aliphatic rings. The Morgan fingerprint density at radius 2 is 2.00 bits per heavy atom. The molecular formula is C12H14ClN5. The predicted octanol–water partition coefficient (Wildman–Crippen LogP) is 2.78. The van der Waals surface area contributed by atoms with Crippen LogP contribution in [0.3, 0.4) is 0 Å². The fourth-order valence-electron chi connectivity index (χ4n) is 1.45. The van der Waals surface area contributed by atoms with Crippen molar-refractivity contribution in [2.75, 3.05) is 10.7 Å². The maximum atomic E-state index is 6.07. The van der Waals surface area contributed by atoms with Crippen molar-refractivity contribution in [1.82, 2.24) is 9.97 Å². The molecule has 0 spiro atoms. The molecule has 0 radical (unpaired) electrons. The van der Waals surface area contributed by atoms with Crippen molar-refractivity contribution in [3.63, 3.8) is 0 Å². The fourth-order valence-corrected chi connectivity index (χ4v) is 1.63. The molecule has 94 valence electrons. The maximum Gasteiger partial charge on any atom is 0.239 e. The molecule has 6 heteroatoms. The fraction of sp³-hybridized carbons (Fsp3) is 0.167. The van der Waals surface area contributed by atoms with Crippen LogP contribution in [0.4, 0.5) is 17.5 Å². The smallest absolute Gasteiger partial charge is 0.239 e. The molecular weight excluding hydrogens is 250 g/mol. The summed E-state index contributed by atoms with van der Waals surface area (Å²) in [6.45, 7) is 3.87. The molecule has 0 aliphatic carbocycles. The summed E-state index contributed by atoms with van der Waals surface area (Å²) in [5.41, 5.74) is 5.24. The highest BCUT2D eigenvalue weighted by Gasteiger charge is 2.04. The summed E-state index contributed by atoms with van der Waals surface area (Å²) in [4.78, 5) is 8.25. The summed E-state index contributed by atoms with van der Waals surface area (Å²) >= 11 is 6.07. The van der Waals surface area contributed by atoms with E-state index in [1.54, 1.807) is 6.20 Å². The summed E-state index contributed by atoms with van der Waals surface area (Å²) in [6.07, 6.45) is 1.69. The first-order valence-corrected chi connectivity index (χ1v) is 5.81. The van der Waals surface area contributed by atoms with Gasteiger partial charge in [0.15, 0.2) is 0 Å². The first kappa shape index (κ1) is 12.6. The molecule has 0 fully saturated rings. The van der Waals surface area contributed by atoms with Gasteiger partial charge in [0.25, 0.3) is 0 Å². The van der Waals surface area contributed by atoms with Crippen LogP contribution in [0.5, 0.6) is 0 Å². The number of nitrogens with two attached hydrogens (primary N) is 1. The third-order valence-corrected chi connectivity index (χ3v) is 2.94. The van der Waals surface area contributed by atoms with Gasteiger partial charge < -0.3 is 5.32 Å². The second kappa shape index (κ2) is 5.20. The number of hydrogen-bond acceptors (Lipinski definition) is 5. The molecule has 5 nitrogen and oxygen atoms in total. The van der Waals surface area contributed by atoms with Gasteiger partial charge in [-0.25, -0.2) is 10.8 Å². The normalized spacial score (nSPS) is 10.2. The maximum absolute atomic E-state index is 6.07. The second-order valence-corrected chi connectivity index (χ2v) is 4.37. The van der Waals surface area contributed by atoms with E-state index < -0.39 is 0 Å². The summed E-state index contributed by atoms with van der Waals surface area (Å²) in [5.74, 6) is 6.34. The number of rotatable bonds is 3. The predicted molar refractivity (Wildman–Crippen MR) is 74.1 cm³/mol. The van der Waals surface area contributed by atoms with Crippen molar-refractivity contribution in [1.29, 1.82) is 0 Å². The van der Waals surface area contributed by atoms with Gasteiger partial charge in [0, 0.05) is 22.5 Å². The number of hydrazine groups is 1. The second-order valence-electron chi connectivity index (χ2n) is 3.96. The van der Waals surface area contributed by atoms with Crippen LogP contribution < -0.4 is 16.6 Å². The zero-order valence-corrected chi connectivity index (χ0v) is 10.9. The molecule has 1 aromatic carbocycles. The summed E-state index contributed by atoms with van der Waals surface area (Å²) in [5, 5.41) is 3.90. The molecule has 1 aromatic heterocycles. The Hall–Kier alpha value is -1.85. The number of nitrogens with zero attached hydrogens (tertiary/aromatic N) is 2. The van der Waals surface area contributed by atoms with E-state index in [-0.39, 0.29) is 0 Å². The average molecular weight is 264 g/mol. The molecule has 18 heavy (non-hydrogen) atoms. The first-order valence-electron chi connectivity index (χ1n) is 5.43. The van der Waals surface area contributed by atoms with E-state index >= 15 is 0 Å². The van der Waals surface area contributed by atoms with E-state index in [0.29, 0.717) is 16.8 Å². The minimum absolute atomic E-state index is 0.362. The number of hydrogen-bond donors (Lipinski definition) is 3. The largest absolute Gasteiger partial charge is 0.340 e. The molecule has 2 aromatic rings. The van der Waals surface area contributed by atoms with Crippen LogP contribution in [0.15, 0.2) is 24.4 Å². The molecule has 0 amide bonds. The lowest BCUT2D eigenvalue weighted by Gasteiger charge is -2.10. The third kappa shape index (κ3) is 2.69. The molecule has 0 unspecified atom stereocenters. The van der Waals surface area contributed by atoms with Crippen LogP contribution in [0.25, 0.3) is 0 Å². The number of benzene rings is 1. The molecule has 4 N–H and O–H groups in total. The topological polar surface area (TPSA) is 75.9 Å². The first-order chi connectivity index (χ1) is 8.60. The van der Waals surface area contributed by atoms with Gasteiger partial charge in [-0.05, 0) is 31.5 Å². The minimum Gasteiger partial charge on any atom is -0.340 e. The number of anilines is 3. The van der Waals surface area contributed by atoms with Gasteiger partial charge in [-0.3, -0.25) is 5.43 Å². The number of aryl methyl sites for hydroxylation is 2. The van der Waals surface area contributed by atoms with Gasteiger partial charge in [-0.15, -0.1) is 0 Å². The summed E-state index contributed by atoms with van der Waals surface area (Å²) in [6, 6.07) is 5.75. The van der Waals surface area contributed by atoms with Gasteiger partial charge in [-0.2, -0.15) is 4.98 Å². The zero-order chi connectivity index (χ0) is 13.1. The number of halogens is 1. The Morgan fingerprint density at radius 3 is 2.67 bits per heavy atom. The lowest BCUT2D eigenvalue weighted by atomic mass is 10.2. The number of nitrogens with one attached hydrogen (secondary N) is 2. The van der Waals surface area contributed by atoms with Crippen molar-refractivity contribution >= 4 is 29.1 Å². The van der Waals surface area contributed by atoms with Crippen molar-refractivity contribution in [2.24, 2.45) is 5.84 Å². The van der Waals surface area contributed by atoms with Crippen LogP contribution >= 0.6 is 11.6 Å². The highest BCUT2D eigenvalue weighted by Crippen LogP contribution is 2.24. The number of nitrogen functional groups attached to an aromatic ring is 1. The quantitative estimate of drug-likeness (QED) is 0.586. The van der Waals surface area contributed by atoms with Gasteiger partial charge in [0.1, 0.15) is 5.82 Å². The van der Waals surface area contributed by atoms with Crippen molar-refractivity contribution in [3.05, 3.63) is 40.5 Å². The SMILES string of the molecule is Cc1ccc(Nc2nc(NN)ncc2C)cc1Cl. The Bertz CT molecular complexity index is 570. The van der Waals surface area contributed by atoms with Crippen LogP contribution in [-0.2, 0) is 0 Å². The minimum atomic E-state index is 0.362. The Kier molecular flexibility index (Phi) is 3.64. The summed E-state index contributed by atoms with van der Waals surface area (Å²) in [7, 11) is 0. The van der Waals surface area contributed by atoms with Gasteiger partial charge in [-0.1, -0.05) is 17.7 Å². The Balaban J connectivity index is 2.30. The van der Waals surface area contributed by atoms with Gasteiger partial charge >= 0.3 is 0 Å². The molecule has 2 rings (SSSR count). The highest BCUT2D eigenvalue weighted by atomic mass is 35.5. The van der Waals surface area contributed by atoms with Crippen LogP contribution in [0.2, 0.25) is 5.02 Å². The van der Waals surface area contributed by atoms with Crippen molar-refractivity contribution < 1.29 is 0 Å². The van der Waals surface area contributed by atoms with E-state index in [1.165, 1.54) is 0 Å². The van der Waals surface area contributed by atoms with Crippen molar-refractivity contribution in [2.45, 2.75) is 13.8 Å². The lowest BCUT2D eigenvalue weighted by molar-refractivity contribution is 1.09. The van der Waals surface area contributed by atoms with E-state index in [1.807, 2.05) is 32.0 Å². The highest BCUT2D eigenvalue weighted by molar-refractivity contribution is 6.31. The molecule has 0 atom stereocenters. The lowest BCUT2D eigenvalue weighted by Crippen LogP contribution is -2.11. The van der Waals surface area contributed by atoms with Crippen LogP contribution in [-0.4, -0.2) is 9.97 Å². The molecule has 0 saturated carbocycles. The van der Waals surface area contributed by atoms with E-state index in [9.17, 15) is 0 Å². The zero-order valence-electron chi connectivity index (χ0n) is 10.2. The van der Waals surface area contributed by atoms with Gasteiger partial charge in [0.05, 0.1) is 0 Å². The Labute approximate surface area is 110 Å². The van der Waals surface area contributed by atoms with E-state index in [0.717, 1.165) is 16.8 Å². The molecule has 0 aliphatic heterocycles. The third-order valence-electron chi connectivity index (χ3n) is 2.54. The van der Waals surface area contributed by atoms with Crippen LogP contribution in [0, 0.1) is 13.8 Å². The standard InChI is InChI=1S/C12H14ClN5/c1-7-3-4-9(5-10(7)13)16-11-8(2)6-15-12(17-11)18-14/h3-6H,14H2,1-2H3,(H2,15,16,17,18).